The van der Waals surface area contributed by atoms with Gasteiger partial charge >= 0.3 is 5.97 Å². The average Bonchev–Trinajstić information content (AvgIpc) is 2.18. The Balaban J connectivity index is 4.03. The molecule has 0 rings (SSSR count). The Hall–Kier alpha value is -0.530. The zero-order chi connectivity index (χ0) is 11.1. The van der Waals surface area contributed by atoms with Crippen LogP contribution in [0.2, 0.25) is 0 Å². The standard InChI is InChI=1S/C12H24O2/c1-6-9(4)10(5)14-12(13)11(7-2)8-3/h9-11H,6-8H2,1-5H3. The minimum absolute atomic E-state index is 0.0252. The lowest BCUT2D eigenvalue weighted by Crippen LogP contribution is -2.26. The Kier molecular flexibility index (Phi) is 6.60. The number of carbonyl (C=O) groups is 1. The van der Waals surface area contributed by atoms with E-state index in [0.29, 0.717) is 5.92 Å². The highest BCUT2D eigenvalue weighted by molar-refractivity contribution is 5.72. The van der Waals surface area contributed by atoms with Crippen LogP contribution in [0.15, 0.2) is 0 Å². The molecule has 0 saturated carbocycles. The van der Waals surface area contributed by atoms with Crippen molar-refractivity contribution < 1.29 is 9.53 Å². The third kappa shape index (κ3) is 4.12. The van der Waals surface area contributed by atoms with Gasteiger partial charge in [-0.2, -0.15) is 0 Å². The fraction of sp³-hybridized carbons (Fsp3) is 0.917. The Labute approximate surface area is 88.0 Å². The van der Waals surface area contributed by atoms with Crippen LogP contribution in [0.1, 0.15) is 53.9 Å². The molecule has 0 amide bonds. The van der Waals surface area contributed by atoms with Crippen molar-refractivity contribution in [1.29, 1.82) is 0 Å². The zero-order valence-electron chi connectivity index (χ0n) is 10.2. The monoisotopic (exact) mass is 200 g/mol. The Bertz CT molecular complexity index is 162. The molecule has 0 aromatic carbocycles. The number of hydrogen-bond acceptors (Lipinski definition) is 2. The van der Waals surface area contributed by atoms with Crippen LogP contribution < -0.4 is 0 Å². The van der Waals surface area contributed by atoms with Crippen molar-refractivity contribution in [1.82, 2.24) is 0 Å². The van der Waals surface area contributed by atoms with Gasteiger partial charge in [0.1, 0.15) is 6.10 Å². The number of esters is 1. The van der Waals surface area contributed by atoms with Crippen LogP contribution in [-0.2, 0) is 9.53 Å². The summed E-state index contributed by atoms with van der Waals surface area (Å²) < 4.78 is 5.41. The van der Waals surface area contributed by atoms with Gasteiger partial charge in [-0.25, -0.2) is 0 Å². The highest BCUT2D eigenvalue weighted by Crippen LogP contribution is 2.16. The van der Waals surface area contributed by atoms with Crippen molar-refractivity contribution in [3.63, 3.8) is 0 Å². The van der Waals surface area contributed by atoms with Gasteiger partial charge in [0.25, 0.3) is 0 Å². The van der Waals surface area contributed by atoms with E-state index in [1.54, 1.807) is 0 Å². The maximum absolute atomic E-state index is 11.6. The van der Waals surface area contributed by atoms with Gasteiger partial charge in [-0.3, -0.25) is 4.79 Å². The molecular weight excluding hydrogens is 176 g/mol. The van der Waals surface area contributed by atoms with Crippen molar-refractivity contribution in [2.24, 2.45) is 11.8 Å². The van der Waals surface area contributed by atoms with E-state index < -0.39 is 0 Å². The third-order valence-corrected chi connectivity index (χ3v) is 3.07. The highest BCUT2D eigenvalue weighted by Gasteiger charge is 2.20. The van der Waals surface area contributed by atoms with E-state index in [1.807, 2.05) is 20.8 Å². The second-order valence-corrected chi connectivity index (χ2v) is 4.04. The molecule has 2 nitrogen and oxygen atoms in total. The lowest BCUT2D eigenvalue weighted by atomic mass is 10.0. The van der Waals surface area contributed by atoms with Gasteiger partial charge in [-0.15, -0.1) is 0 Å². The smallest absolute Gasteiger partial charge is 0.309 e. The van der Waals surface area contributed by atoms with Crippen LogP contribution in [0.4, 0.5) is 0 Å². The van der Waals surface area contributed by atoms with Crippen LogP contribution in [0.3, 0.4) is 0 Å². The molecule has 2 atom stereocenters. The van der Waals surface area contributed by atoms with Gasteiger partial charge in [0.05, 0.1) is 5.92 Å². The van der Waals surface area contributed by atoms with Gasteiger partial charge < -0.3 is 4.74 Å². The first-order chi connectivity index (χ1) is 6.56. The van der Waals surface area contributed by atoms with E-state index in [0.717, 1.165) is 19.3 Å². The van der Waals surface area contributed by atoms with Gasteiger partial charge in [0.15, 0.2) is 0 Å². The summed E-state index contributed by atoms with van der Waals surface area (Å²) in [6.45, 7) is 10.3. The summed E-state index contributed by atoms with van der Waals surface area (Å²) in [5.74, 6) is 0.512. The molecule has 0 fully saturated rings. The van der Waals surface area contributed by atoms with Crippen molar-refractivity contribution in [3.05, 3.63) is 0 Å². The quantitative estimate of drug-likeness (QED) is 0.614. The summed E-state index contributed by atoms with van der Waals surface area (Å²) in [6.07, 6.45) is 2.86. The molecule has 0 aliphatic heterocycles. The van der Waals surface area contributed by atoms with Crippen molar-refractivity contribution in [2.75, 3.05) is 0 Å². The van der Waals surface area contributed by atoms with Crippen LogP contribution in [-0.4, -0.2) is 12.1 Å². The SMILES string of the molecule is CCC(CC)C(=O)OC(C)C(C)CC. The topological polar surface area (TPSA) is 26.3 Å². The van der Waals surface area contributed by atoms with E-state index >= 15 is 0 Å². The lowest BCUT2D eigenvalue weighted by Gasteiger charge is -2.21. The highest BCUT2D eigenvalue weighted by atomic mass is 16.5. The molecule has 2 unspecified atom stereocenters. The van der Waals surface area contributed by atoms with Gasteiger partial charge in [0.2, 0.25) is 0 Å². The minimum atomic E-state index is -0.0252. The molecule has 0 heterocycles. The number of carbonyl (C=O) groups excluding carboxylic acids is 1. The minimum Gasteiger partial charge on any atom is -0.462 e. The normalized spacial score (nSPS) is 15.3. The first kappa shape index (κ1) is 13.5. The lowest BCUT2D eigenvalue weighted by molar-refractivity contribution is -0.155. The predicted molar refractivity (Wildman–Crippen MR) is 59.1 cm³/mol. The van der Waals surface area contributed by atoms with Crippen LogP contribution in [0.5, 0.6) is 0 Å². The van der Waals surface area contributed by atoms with Gasteiger partial charge in [-0.05, 0) is 25.7 Å². The zero-order valence-corrected chi connectivity index (χ0v) is 10.2. The molecule has 14 heavy (non-hydrogen) atoms. The average molecular weight is 200 g/mol. The Morgan fingerprint density at radius 2 is 1.57 bits per heavy atom. The molecule has 0 aliphatic carbocycles. The van der Waals surface area contributed by atoms with E-state index in [1.165, 1.54) is 0 Å². The molecule has 0 aliphatic rings. The Morgan fingerprint density at radius 1 is 1.07 bits per heavy atom. The summed E-state index contributed by atoms with van der Waals surface area (Å²) in [6, 6.07) is 0. The molecule has 0 N–H and O–H groups in total. The Morgan fingerprint density at radius 3 is 1.93 bits per heavy atom. The van der Waals surface area contributed by atoms with E-state index in [4.69, 9.17) is 4.74 Å². The van der Waals surface area contributed by atoms with Crippen molar-refractivity contribution >= 4 is 5.97 Å². The first-order valence-electron chi connectivity index (χ1n) is 5.77. The first-order valence-corrected chi connectivity index (χ1v) is 5.77. The maximum Gasteiger partial charge on any atom is 0.309 e. The summed E-state index contributed by atoms with van der Waals surface area (Å²) in [4.78, 5) is 11.6. The summed E-state index contributed by atoms with van der Waals surface area (Å²) in [5.41, 5.74) is 0. The maximum atomic E-state index is 11.6. The molecule has 0 spiro atoms. The van der Waals surface area contributed by atoms with Gasteiger partial charge in [0, 0.05) is 0 Å². The van der Waals surface area contributed by atoms with Gasteiger partial charge in [-0.1, -0.05) is 34.1 Å². The molecular formula is C12H24O2. The second kappa shape index (κ2) is 6.86. The van der Waals surface area contributed by atoms with E-state index in [9.17, 15) is 4.79 Å². The fourth-order valence-electron chi connectivity index (χ4n) is 1.35. The van der Waals surface area contributed by atoms with Crippen molar-refractivity contribution in [3.8, 4) is 0 Å². The van der Waals surface area contributed by atoms with E-state index in [-0.39, 0.29) is 18.0 Å². The summed E-state index contributed by atoms with van der Waals surface area (Å²) in [7, 11) is 0. The van der Waals surface area contributed by atoms with Crippen LogP contribution in [0, 0.1) is 11.8 Å². The van der Waals surface area contributed by atoms with Crippen LogP contribution >= 0.6 is 0 Å². The molecule has 0 radical (unpaired) electrons. The molecule has 0 saturated heterocycles. The second-order valence-electron chi connectivity index (χ2n) is 4.04. The van der Waals surface area contributed by atoms with Crippen molar-refractivity contribution in [2.45, 2.75) is 60.0 Å². The summed E-state index contributed by atoms with van der Waals surface area (Å²) >= 11 is 0. The predicted octanol–water partition coefficient (Wildman–Crippen LogP) is 3.40. The number of hydrogen-bond donors (Lipinski definition) is 0. The molecule has 2 heteroatoms. The number of ether oxygens (including phenoxy) is 1. The summed E-state index contributed by atoms with van der Waals surface area (Å²) in [5, 5.41) is 0. The number of rotatable bonds is 6. The molecule has 84 valence electrons. The van der Waals surface area contributed by atoms with E-state index in [2.05, 4.69) is 13.8 Å². The molecule has 0 aromatic heterocycles. The molecule has 0 aromatic rings. The van der Waals surface area contributed by atoms with Crippen LogP contribution in [0.25, 0.3) is 0 Å². The molecule has 0 bridgehead atoms. The third-order valence-electron chi connectivity index (χ3n) is 3.07. The fourth-order valence-corrected chi connectivity index (χ4v) is 1.35. The largest absolute Gasteiger partial charge is 0.462 e.